The fourth-order valence-electron chi connectivity index (χ4n) is 2.77. The third-order valence-electron chi connectivity index (χ3n) is 4.04. The Balaban J connectivity index is 1.53. The molecule has 0 radical (unpaired) electrons. The Morgan fingerprint density at radius 3 is 2.48 bits per heavy atom. The van der Waals surface area contributed by atoms with Gasteiger partial charge < -0.3 is 10.1 Å². The zero-order valence-corrected chi connectivity index (χ0v) is 15.6. The zero-order valence-electron chi connectivity index (χ0n) is 14.0. The molecule has 0 spiro atoms. The molecule has 4 rings (SSSR count). The first-order valence-corrected chi connectivity index (χ1v) is 9.37. The van der Waals surface area contributed by atoms with Crippen LogP contribution in [0.25, 0.3) is 16.8 Å². The number of hydrogen-bond donors (Lipinski definition) is 1. The number of nitrogens with one attached hydrogen (secondary N) is 1. The van der Waals surface area contributed by atoms with Gasteiger partial charge >= 0.3 is 5.97 Å². The summed E-state index contributed by atoms with van der Waals surface area (Å²) in [6.07, 6.45) is 1.75. The number of fused-ring (bicyclic) bond motifs is 1. The minimum atomic E-state index is -0.408. The van der Waals surface area contributed by atoms with Crippen LogP contribution in [0.5, 0.6) is 5.75 Å². The number of ether oxygens (including phenoxy) is 1. The maximum Gasteiger partial charge on any atom is 0.344 e. The minimum Gasteiger partial charge on any atom is -0.423 e. The van der Waals surface area contributed by atoms with Crippen LogP contribution in [0, 0.1) is 0 Å². The van der Waals surface area contributed by atoms with Crippen LogP contribution in [0.3, 0.4) is 0 Å². The molecule has 0 aliphatic carbocycles. The van der Waals surface area contributed by atoms with Crippen molar-refractivity contribution in [1.29, 1.82) is 0 Å². The predicted octanol–water partition coefficient (Wildman–Crippen LogP) is 4.55. The topological polar surface area (TPSA) is 55.4 Å². The second-order valence-corrected chi connectivity index (χ2v) is 7.56. The van der Waals surface area contributed by atoms with Crippen molar-refractivity contribution in [3.05, 3.63) is 82.8 Å². The van der Waals surface area contributed by atoms with Crippen LogP contribution in [-0.4, -0.2) is 16.2 Å². The second-order valence-electron chi connectivity index (χ2n) is 5.84. The molecule has 1 aliphatic rings. The van der Waals surface area contributed by atoms with Crippen LogP contribution >= 0.6 is 24.0 Å². The van der Waals surface area contributed by atoms with Crippen molar-refractivity contribution in [2.24, 2.45) is 0 Å². The summed E-state index contributed by atoms with van der Waals surface area (Å²) in [4.78, 5) is 24.8. The summed E-state index contributed by atoms with van der Waals surface area (Å²) in [6, 6.07) is 20.2. The van der Waals surface area contributed by atoms with Crippen LogP contribution in [-0.2, 0) is 4.79 Å². The van der Waals surface area contributed by atoms with Gasteiger partial charge in [0.15, 0.2) is 0 Å². The average molecular weight is 391 g/mol. The molecule has 1 saturated heterocycles. The molecule has 1 fully saturated rings. The van der Waals surface area contributed by atoms with E-state index in [-0.39, 0.29) is 5.91 Å². The van der Waals surface area contributed by atoms with Crippen LogP contribution < -0.4 is 10.1 Å². The molecule has 1 amide bonds. The highest BCUT2D eigenvalue weighted by molar-refractivity contribution is 8.26. The highest BCUT2D eigenvalue weighted by Crippen LogP contribution is 2.27. The molecule has 0 saturated carbocycles. The SMILES string of the molecule is O=C1NC(=S)S/C1=C\c1ccc(OC(=O)c2cccc3ccccc23)cc1. The molecule has 0 aromatic heterocycles. The number of carbonyl (C=O) groups excluding carboxylic acids is 2. The molecule has 1 N–H and O–H groups in total. The van der Waals surface area contributed by atoms with E-state index in [1.807, 2.05) is 36.4 Å². The fraction of sp³-hybridized carbons (Fsp3) is 0. The summed E-state index contributed by atoms with van der Waals surface area (Å²) in [5.41, 5.74) is 1.34. The second kappa shape index (κ2) is 7.34. The van der Waals surface area contributed by atoms with Gasteiger partial charge in [-0.3, -0.25) is 4.79 Å². The summed E-state index contributed by atoms with van der Waals surface area (Å²) in [5, 5.41) is 4.41. The monoisotopic (exact) mass is 391 g/mol. The van der Waals surface area contributed by atoms with Crippen LogP contribution in [0.2, 0.25) is 0 Å². The first-order valence-electron chi connectivity index (χ1n) is 8.15. The molecule has 6 heteroatoms. The van der Waals surface area contributed by atoms with E-state index in [2.05, 4.69) is 5.32 Å². The Bertz CT molecular complexity index is 1100. The predicted molar refractivity (Wildman–Crippen MR) is 112 cm³/mol. The standard InChI is InChI=1S/C21H13NO3S2/c23-19-18(27-21(26)22-19)12-13-8-10-15(11-9-13)25-20(24)17-7-3-5-14-4-1-2-6-16(14)17/h1-12H,(H,22,23,26)/b18-12-. The molecule has 0 unspecified atom stereocenters. The molecule has 3 aromatic carbocycles. The van der Waals surface area contributed by atoms with Gasteiger partial charge in [-0.05, 0) is 40.6 Å². The highest BCUT2D eigenvalue weighted by Gasteiger charge is 2.21. The summed E-state index contributed by atoms with van der Waals surface area (Å²) in [6.45, 7) is 0. The maximum atomic E-state index is 12.6. The first-order chi connectivity index (χ1) is 13.1. The van der Waals surface area contributed by atoms with Gasteiger partial charge in [0.2, 0.25) is 0 Å². The fourth-order valence-corrected chi connectivity index (χ4v) is 3.81. The quantitative estimate of drug-likeness (QED) is 0.307. The van der Waals surface area contributed by atoms with Crippen molar-refractivity contribution >= 4 is 57.0 Å². The van der Waals surface area contributed by atoms with Gasteiger partial charge in [0, 0.05) is 0 Å². The van der Waals surface area contributed by atoms with Crippen LogP contribution in [0.4, 0.5) is 0 Å². The summed E-state index contributed by atoms with van der Waals surface area (Å²) >= 11 is 6.20. The van der Waals surface area contributed by atoms with E-state index in [0.29, 0.717) is 20.5 Å². The maximum absolute atomic E-state index is 12.6. The van der Waals surface area contributed by atoms with E-state index >= 15 is 0 Å². The van der Waals surface area contributed by atoms with Gasteiger partial charge in [0.05, 0.1) is 10.5 Å². The van der Waals surface area contributed by atoms with Crippen molar-refractivity contribution in [3.8, 4) is 5.75 Å². The Hall–Kier alpha value is -2.96. The molecular weight excluding hydrogens is 378 g/mol. The van der Waals surface area contributed by atoms with Crippen LogP contribution in [0.1, 0.15) is 15.9 Å². The van der Waals surface area contributed by atoms with E-state index in [4.69, 9.17) is 17.0 Å². The molecule has 132 valence electrons. The van der Waals surface area contributed by atoms with Crippen molar-refractivity contribution in [2.45, 2.75) is 0 Å². The minimum absolute atomic E-state index is 0.198. The van der Waals surface area contributed by atoms with Gasteiger partial charge in [0.25, 0.3) is 5.91 Å². The Morgan fingerprint density at radius 1 is 1.00 bits per heavy atom. The van der Waals surface area contributed by atoms with Gasteiger partial charge in [-0.15, -0.1) is 0 Å². The number of hydrogen-bond acceptors (Lipinski definition) is 5. The van der Waals surface area contributed by atoms with E-state index in [1.54, 1.807) is 36.4 Å². The molecule has 4 nitrogen and oxygen atoms in total. The molecule has 0 atom stereocenters. The number of amides is 1. The normalized spacial score (nSPS) is 15.2. The largest absolute Gasteiger partial charge is 0.423 e. The van der Waals surface area contributed by atoms with E-state index in [0.717, 1.165) is 16.3 Å². The van der Waals surface area contributed by atoms with Crippen molar-refractivity contribution in [2.75, 3.05) is 0 Å². The lowest BCUT2D eigenvalue weighted by atomic mass is 10.0. The number of carbonyl (C=O) groups is 2. The van der Waals surface area contributed by atoms with Crippen LogP contribution in [0.15, 0.2) is 71.6 Å². The first kappa shape index (κ1) is 17.5. The summed E-state index contributed by atoms with van der Waals surface area (Å²) in [5.74, 6) is -0.167. The number of esters is 1. The third kappa shape index (κ3) is 3.77. The van der Waals surface area contributed by atoms with Gasteiger partial charge in [-0.1, -0.05) is 72.5 Å². The lowest BCUT2D eigenvalue weighted by molar-refractivity contribution is -0.115. The van der Waals surface area contributed by atoms with E-state index in [1.165, 1.54) is 11.8 Å². The molecule has 0 bridgehead atoms. The lowest BCUT2D eigenvalue weighted by Gasteiger charge is -2.07. The third-order valence-corrected chi connectivity index (χ3v) is 5.20. The van der Waals surface area contributed by atoms with Gasteiger partial charge in [-0.25, -0.2) is 4.79 Å². The Morgan fingerprint density at radius 2 is 1.74 bits per heavy atom. The van der Waals surface area contributed by atoms with Crippen molar-refractivity contribution in [3.63, 3.8) is 0 Å². The van der Waals surface area contributed by atoms with E-state index in [9.17, 15) is 9.59 Å². The molecule has 1 aliphatic heterocycles. The van der Waals surface area contributed by atoms with E-state index < -0.39 is 5.97 Å². The van der Waals surface area contributed by atoms with Crippen molar-refractivity contribution in [1.82, 2.24) is 5.32 Å². The number of rotatable bonds is 3. The summed E-state index contributed by atoms with van der Waals surface area (Å²) in [7, 11) is 0. The lowest BCUT2D eigenvalue weighted by Crippen LogP contribution is -2.17. The Labute approximate surface area is 165 Å². The smallest absolute Gasteiger partial charge is 0.344 e. The van der Waals surface area contributed by atoms with Gasteiger partial charge in [0.1, 0.15) is 10.1 Å². The van der Waals surface area contributed by atoms with Gasteiger partial charge in [-0.2, -0.15) is 0 Å². The molecule has 3 aromatic rings. The Kier molecular flexibility index (Phi) is 4.75. The number of benzene rings is 3. The average Bonchev–Trinajstić information content (AvgIpc) is 2.99. The number of thiocarbonyl (C=S) groups is 1. The van der Waals surface area contributed by atoms with Crippen molar-refractivity contribution < 1.29 is 14.3 Å². The molecular formula is C21H13NO3S2. The zero-order chi connectivity index (χ0) is 18.8. The molecule has 1 heterocycles. The number of thioether (sulfide) groups is 1. The highest BCUT2D eigenvalue weighted by atomic mass is 32.2. The molecule has 27 heavy (non-hydrogen) atoms. The summed E-state index contributed by atoms with van der Waals surface area (Å²) < 4.78 is 5.96.